The van der Waals surface area contributed by atoms with Crippen LogP contribution >= 0.6 is 297 Å². The second-order valence-electron chi connectivity index (χ2n) is 2.55. The van der Waals surface area contributed by atoms with Gasteiger partial charge in [-0.1, -0.05) is 11.7 Å². The van der Waals surface area contributed by atoms with Crippen LogP contribution in [-0.4, -0.2) is 7.11 Å². The zero-order valence-electron chi connectivity index (χ0n) is 14.9. The van der Waals surface area contributed by atoms with Gasteiger partial charge in [-0.15, -0.1) is 0 Å². The molecule has 0 atom stereocenters. The smallest absolute Gasteiger partial charge is 0.0817 e. The van der Waals surface area contributed by atoms with Crippen molar-refractivity contribution in [2.75, 3.05) is 7.11 Å². The maximum Gasteiger partial charge on any atom is 0.0817 e. The molecule has 0 bridgehead atoms. The minimum atomic E-state index is -1.79. The van der Waals surface area contributed by atoms with E-state index in [1.165, 1.54) is 19.7 Å². The van der Waals surface area contributed by atoms with Gasteiger partial charge < -0.3 is 4.18 Å². The van der Waals surface area contributed by atoms with E-state index in [-0.39, 0.29) is 0 Å². The van der Waals surface area contributed by atoms with E-state index in [9.17, 15) is 0 Å². The molecule has 0 aromatic heterocycles. The molecule has 0 saturated carbocycles. The van der Waals surface area contributed by atoms with E-state index in [4.69, 9.17) is 26.6 Å². The number of hydrogen-bond donors (Lipinski definition) is 1. The summed E-state index contributed by atoms with van der Waals surface area (Å²) in [6, 6.07) is 0. The highest BCUT2D eigenvalue weighted by Crippen LogP contribution is 2.66. The highest BCUT2D eigenvalue weighted by atomic mass is 34.1. The molecule has 0 amide bonds. The molecular formula is CH4OS33. The van der Waals surface area contributed by atoms with Gasteiger partial charge in [0.2, 0.25) is 0 Å². The second kappa shape index (κ2) is 39.7. The van der Waals surface area contributed by atoms with E-state index in [1.807, 2.05) is 98.3 Å². The van der Waals surface area contributed by atoms with Gasteiger partial charge in [-0.05, 0) is 101 Å². The van der Waals surface area contributed by atoms with Gasteiger partial charge in [0.05, 0.1) is 13.6 Å². The molecule has 0 heterocycles. The van der Waals surface area contributed by atoms with Gasteiger partial charge in [-0.25, -0.2) is 0 Å². The summed E-state index contributed by atoms with van der Waals surface area (Å²) in [5.41, 5.74) is 0. The fourth-order valence-corrected chi connectivity index (χ4v) is 81.8. The average Bonchev–Trinajstić information content (AvgIpc) is 2.85. The van der Waals surface area contributed by atoms with Crippen LogP contribution in [-0.2, 0) is 33.0 Å². The van der Waals surface area contributed by atoms with Crippen LogP contribution in [0.4, 0.5) is 0 Å². The molecule has 0 aliphatic rings. The van der Waals surface area contributed by atoms with Crippen LogP contribution in [0.15, 0.2) is 0 Å². The van der Waals surface area contributed by atoms with Gasteiger partial charge >= 0.3 is 0 Å². The van der Waals surface area contributed by atoms with Crippen LogP contribution in [0.25, 0.3) is 0 Å². The first-order chi connectivity index (χ1) is 17.1. The molecule has 0 rings (SSSR count). The Morgan fingerprint density at radius 1 is 0.400 bits per heavy atom. The zero-order chi connectivity index (χ0) is 25.7. The van der Waals surface area contributed by atoms with E-state index < -0.39 is 6.46 Å². The average molecular weight is 1090 g/mol. The molecule has 0 saturated heterocycles. The van der Waals surface area contributed by atoms with Crippen LogP contribution in [0, 0.1) is 0 Å². The maximum absolute atomic E-state index is 5.14. The summed E-state index contributed by atoms with van der Waals surface area (Å²) in [4.78, 5) is 0. The molecule has 0 fully saturated rings. The lowest BCUT2D eigenvalue weighted by atomic mass is 11.8. The summed E-state index contributed by atoms with van der Waals surface area (Å²) in [7, 11) is 52.5. The summed E-state index contributed by atoms with van der Waals surface area (Å²) in [6.45, 7) is -1.79. The number of thiol groups is 1. The van der Waals surface area contributed by atoms with Crippen molar-refractivity contribution in [2.24, 2.45) is 0 Å². The van der Waals surface area contributed by atoms with E-state index in [0.29, 0.717) is 0 Å². The van der Waals surface area contributed by atoms with Crippen LogP contribution in [0.5, 0.6) is 0 Å². The molecule has 0 aliphatic heterocycles. The van der Waals surface area contributed by atoms with Gasteiger partial charge in [0, 0.05) is 206 Å². The molecule has 35 heavy (non-hydrogen) atoms. The molecule has 0 aromatic carbocycles. The summed E-state index contributed by atoms with van der Waals surface area (Å²) in [5, 5.41) is 0. The molecule has 0 N–H and O–H groups in total. The van der Waals surface area contributed by atoms with E-state index in [0.717, 1.165) is 0 Å². The lowest BCUT2D eigenvalue weighted by Gasteiger charge is -2.03. The van der Waals surface area contributed by atoms with Gasteiger partial charge in [-0.2, -0.15) is 0 Å². The maximum atomic E-state index is 5.14. The Hall–Kier alpha value is 11.2. The van der Waals surface area contributed by atoms with E-state index in [2.05, 4.69) is 11.7 Å². The van der Waals surface area contributed by atoms with Crippen molar-refractivity contribution in [2.45, 2.75) is 0 Å². The van der Waals surface area contributed by atoms with Crippen LogP contribution in [0.1, 0.15) is 0 Å². The lowest BCUT2D eigenvalue weighted by Crippen LogP contribution is -1.87. The Morgan fingerprint density at radius 2 is 0.600 bits per heavy atom. The summed E-state index contributed by atoms with van der Waals surface area (Å²) < 4.78 is 5.09. The van der Waals surface area contributed by atoms with Gasteiger partial charge in [0.25, 0.3) is 0 Å². The Balaban J connectivity index is 3.06. The van der Waals surface area contributed by atoms with E-state index in [1.54, 1.807) is 174 Å². The summed E-state index contributed by atoms with van der Waals surface area (Å²) >= 11 is 14.4. The molecule has 0 aromatic rings. The largest absolute Gasteiger partial charge is 0.305 e. The molecular weight excluding hydrogens is 1090 g/mol. The molecule has 0 unspecified atom stereocenters. The molecule has 212 valence electrons. The topological polar surface area (TPSA) is 9.23 Å². The SMILES string of the molecule is COS(=S)(=S)SSSSSSSSSSSSSSSSSSSSSSSSSSSSSS. The Labute approximate surface area is 328 Å². The Bertz CT molecular complexity index is 481. The van der Waals surface area contributed by atoms with Crippen molar-refractivity contribution in [3.05, 3.63) is 0 Å². The Kier molecular flexibility index (Phi) is 52.4. The zero-order valence-corrected chi connectivity index (χ0v) is 41.9. The normalized spacial score (nSPS) is 11.9. The third-order valence-corrected chi connectivity index (χ3v) is 70.3. The third kappa shape index (κ3) is 41.3. The van der Waals surface area contributed by atoms with Crippen molar-refractivity contribution in [1.82, 2.24) is 0 Å². The summed E-state index contributed by atoms with van der Waals surface area (Å²) in [6.07, 6.45) is 0. The molecule has 0 aliphatic carbocycles. The Morgan fingerprint density at radius 3 is 0.800 bits per heavy atom. The van der Waals surface area contributed by atoms with Gasteiger partial charge in [-0.3, -0.25) is 0 Å². The van der Waals surface area contributed by atoms with Crippen LogP contribution < -0.4 is 0 Å². The predicted molar refractivity (Wildman–Crippen MR) is 258 cm³/mol. The van der Waals surface area contributed by atoms with Crippen molar-refractivity contribution in [3.8, 4) is 0 Å². The molecule has 34 heteroatoms. The number of hydrogen-bond acceptors (Lipinski definition) is 33. The summed E-state index contributed by atoms with van der Waals surface area (Å²) in [5.74, 6) is 0. The first kappa shape index (κ1) is 46.2. The molecule has 1 nitrogen and oxygen atoms in total. The van der Waals surface area contributed by atoms with Crippen molar-refractivity contribution < 1.29 is 4.18 Å². The van der Waals surface area contributed by atoms with Crippen LogP contribution in [0.2, 0.25) is 0 Å². The lowest BCUT2D eigenvalue weighted by molar-refractivity contribution is 0.491. The highest BCUT2D eigenvalue weighted by Gasteiger charge is 2.04. The quantitative estimate of drug-likeness (QED) is 0.0415. The van der Waals surface area contributed by atoms with Crippen LogP contribution in [0.3, 0.4) is 0 Å². The van der Waals surface area contributed by atoms with Gasteiger partial charge in [0.15, 0.2) is 0 Å². The standard InChI is InChI=1S/CH4OS33/c1-2-35(4,5)34-33-32-31-30-29-28-27-26-25-24-23-22-21-20-19-18-17-16-15-14-13-12-11-10-9-8-7-6-3/h3H,1H3. The number of rotatable bonds is 30. The monoisotopic (exact) mass is 1090 g/mol. The van der Waals surface area contributed by atoms with Crippen molar-refractivity contribution in [1.29, 1.82) is 0 Å². The molecule has 0 radical (unpaired) electrons. The fraction of sp³-hybridized carbons (Fsp3) is 1.00. The molecule has 0 spiro atoms. The first-order valence-electron chi connectivity index (χ1n) is 5.92. The minimum Gasteiger partial charge on any atom is -0.305 e. The minimum absolute atomic E-state index is 1.46. The third-order valence-electron chi connectivity index (χ3n) is 1.07. The van der Waals surface area contributed by atoms with E-state index >= 15 is 0 Å². The highest BCUT2D eigenvalue weighted by molar-refractivity contribution is 9.61. The van der Waals surface area contributed by atoms with Crippen molar-refractivity contribution >= 4 is 325 Å². The predicted octanol–water partition coefficient (Wildman–Crippen LogP) is 19.3. The first-order valence-corrected chi connectivity index (χ1v) is 49.1. The van der Waals surface area contributed by atoms with Gasteiger partial charge in [0.1, 0.15) is 0 Å². The second-order valence-corrected chi connectivity index (χ2v) is 61.3. The fourth-order valence-electron chi connectivity index (χ4n) is 0.369. The van der Waals surface area contributed by atoms with Crippen molar-refractivity contribution in [3.63, 3.8) is 0 Å².